The highest BCUT2D eigenvalue weighted by atomic mass is 79.9. The summed E-state index contributed by atoms with van der Waals surface area (Å²) in [7, 11) is 0. The Balaban J connectivity index is 1.70. The van der Waals surface area contributed by atoms with E-state index in [9.17, 15) is 4.79 Å². The summed E-state index contributed by atoms with van der Waals surface area (Å²) in [6, 6.07) is 11.4. The molecule has 1 aromatic carbocycles. The maximum Gasteiger partial charge on any atom is 0.249 e. The number of thiazole rings is 1. The molecule has 0 radical (unpaired) electrons. The molecule has 2 aromatic heterocycles. The van der Waals surface area contributed by atoms with Crippen molar-refractivity contribution in [3.8, 4) is 0 Å². The Hall–Kier alpha value is -2.05. The summed E-state index contributed by atoms with van der Waals surface area (Å²) in [6.07, 6.45) is 4.80. The van der Waals surface area contributed by atoms with Gasteiger partial charge in [0.1, 0.15) is 10.8 Å². The van der Waals surface area contributed by atoms with Gasteiger partial charge in [-0.2, -0.15) is 0 Å². The number of amides is 1. The van der Waals surface area contributed by atoms with Crippen LogP contribution in [0.1, 0.15) is 5.01 Å². The van der Waals surface area contributed by atoms with Crippen molar-refractivity contribution in [2.75, 3.05) is 5.32 Å². The first-order valence-electron chi connectivity index (χ1n) is 6.17. The lowest BCUT2D eigenvalue weighted by atomic mass is 10.3. The van der Waals surface area contributed by atoms with Gasteiger partial charge in [-0.15, -0.1) is 11.3 Å². The summed E-state index contributed by atoms with van der Waals surface area (Å²) >= 11 is 4.84. The number of pyridine rings is 1. The predicted molar refractivity (Wildman–Crippen MR) is 89.2 cm³/mol. The molecule has 0 bridgehead atoms. The third-order valence-corrected chi connectivity index (χ3v) is 4.14. The molecular weight excluding hydrogens is 350 g/mol. The lowest BCUT2D eigenvalue weighted by Crippen LogP contribution is -2.08. The molecule has 2 heterocycles. The molecule has 0 aliphatic rings. The number of nitrogens with one attached hydrogen (secondary N) is 1. The maximum atomic E-state index is 11.8. The second kappa shape index (κ2) is 6.15. The van der Waals surface area contributed by atoms with Crippen LogP contribution in [0.15, 0.2) is 53.1 Å². The largest absolute Gasteiger partial charge is 0.307 e. The van der Waals surface area contributed by atoms with Crippen molar-refractivity contribution in [2.24, 2.45) is 0 Å². The highest BCUT2D eigenvalue weighted by molar-refractivity contribution is 9.10. The fourth-order valence-corrected chi connectivity index (χ4v) is 2.83. The molecule has 3 rings (SSSR count). The van der Waals surface area contributed by atoms with Crippen LogP contribution in [0.2, 0.25) is 0 Å². The molecule has 4 nitrogen and oxygen atoms in total. The molecule has 104 valence electrons. The first-order valence-corrected chi connectivity index (χ1v) is 7.78. The van der Waals surface area contributed by atoms with Gasteiger partial charge >= 0.3 is 0 Å². The zero-order valence-electron chi connectivity index (χ0n) is 10.8. The summed E-state index contributed by atoms with van der Waals surface area (Å²) in [6.45, 7) is 0. The molecule has 0 saturated carbocycles. The monoisotopic (exact) mass is 359 g/mol. The van der Waals surface area contributed by atoms with Gasteiger partial charge < -0.3 is 5.32 Å². The van der Waals surface area contributed by atoms with E-state index in [1.54, 1.807) is 29.7 Å². The zero-order chi connectivity index (χ0) is 14.7. The van der Waals surface area contributed by atoms with E-state index in [0.29, 0.717) is 5.82 Å². The van der Waals surface area contributed by atoms with E-state index in [2.05, 4.69) is 31.2 Å². The molecule has 3 aromatic rings. The fourth-order valence-electron chi connectivity index (χ4n) is 1.73. The number of nitrogens with zero attached hydrogens (tertiary/aromatic N) is 2. The molecule has 0 aliphatic carbocycles. The summed E-state index contributed by atoms with van der Waals surface area (Å²) in [5.41, 5.74) is 0.942. The van der Waals surface area contributed by atoms with Crippen LogP contribution in [0, 0.1) is 0 Å². The van der Waals surface area contributed by atoms with Crippen molar-refractivity contribution in [3.05, 3.63) is 58.2 Å². The van der Waals surface area contributed by atoms with Gasteiger partial charge in [0.2, 0.25) is 5.91 Å². The van der Waals surface area contributed by atoms with E-state index in [4.69, 9.17) is 0 Å². The number of fused-ring (bicyclic) bond motifs is 1. The number of carbonyl (C=O) groups excluding carboxylic acids is 1. The van der Waals surface area contributed by atoms with Crippen molar-refractivity contribution in [1.82, 2.24) is 9.97 Å². The van der Waals surface area contributed by atoms with Crippen molar-refractivity contribution in [2.45, 2.75) is 0 Å². The first-order chi connectivity index (χ1) is 10.2. The van der Waals surface area contributed by atoms with Crippen LogP contribution in [0.4, 0.5) is 5.82 Å². The van der Waals surface area contributed by atoms with Gasteiger partial charge in [-0.25, -0.2) is 9.97 Å². The van der Waals surface area contributed by atoms with E-state index < -0.39 is 0 Å². The minimum atomic E-state index is -0.232. The maximum absolute atomic E-state index is 11.8. The summed E-state index contributed by atoms with van der Waals surface area (Å²) in [5, 5.41) is 3.49. The molecule has 1 N–H and O–H groups in total. The molecule has 0 fully saturated rings. The minimum absolute atomic E-state index is 0.232. The van der Waals surface area contributed by atoms with Crippen molar-refractivity contribution in [3.63, 3.8) is 0 Å². The van der Waals surface area contributed by atoms with Crippen molar-refractivity contribution in [1.29, 1.82) is 0 Å². The Bertz CT molecular complexity index is 778. The van der Waals surface area contributed by atoms with Crippen LogP contribution in [0.25, 0.3) is 16.3 Å². The Morgan fingerprint density at radius 2 is 2.10 bits per heavy atom. The van der Waals surface area contributed by atoms with Crippen LogP contribution in [0.3, 0.4) is 0 Å². The smallest absolute Gasteiger partial charge is 0.249 e. The summed E-state index contributed by atoms with van der Waals surface area (Å²) in [4.78, 5) is 20.3. The van der Waals surface area contributed by atoms with Crippen LogP contribution < -0.4 is 5.32 Å². The van der Waals surface area contributed by atoms with Crippen molar-refractivity contribution >= 4 is 55.3 Å². The Morgan fingerprint density at radius 3 is 2.86 bits per heavy atom. The van der Waals surface area contributed by atoms with Crippen LogP contribution in [-0.4, -0.2) is 15.9 Å². The van der Waals surface area contributed by atoms with Gasteiger partial charge in [-0.1, -0.05) is 12.1 Å². The lowest BCUT2D eigenvalue weighted by molar-refractivity contribution is -0.111. The lowest BCUT2D eigenvalue weighted by Gasteiger charge is -1.99. The molecule has 0 aliphatic heterocycles. The number of aromatic nitrogens is 2. The van der Waals surface area contributed by atoms with Gasteiger partial charge in [0, 0.05) is 16.7 Å². The number of para-hydroxylation sites is 1. The van der Waals surface area contributed by atoms with Crippen molar-refractivity contribution < 1.29 is 4.79 Å². The second-order valence-corrected chi connectivity index (χ2v) is 6.18. The molecule has 0 unspecified atom stereocenters. The normalized spacial score (nSPS) is 11.1. The highest BCUT2D eigenvalue weighted by Gasteiger charge is 2.02. The number of hydrogen-bond donors (Lipinski definition) is 1. The van der Waals surface area contributed by atoms with Gasteiger partial charge in [-0.05, 0) is 46.3 Å². The van der Waals surface area contributed by atoms with Crippen LogP contribution >= 0.6 is 27.3 Å². The van der Waals surface area contributed by atoms with Crippen LogP contribution in [-0.2, 0) is 4.79 Å². The van der Waals surface area contributed by atoms with E-state index in [1.807, 2.05) is 30.3 Å². The topological polar surface area (TPSA) is 54.9 Å². The van der Waals surface area contributed by atoms with Gasteiger partial charge in [0.05, 0.1) is 10.2 Å². The molecular formula is C15H10BrN3OS. The second-order valence-electron chi connectivity index (χ2n) is 4.20. The van der Waals surface area contributed by atoms with Crippen LogP contribution in [0.5, 0.6) is 0 Å². The summed E-state index contributed by atoms with van der Waals surface area (Å²) in [5.74, 6) is 0.279. The molecule has 0 spiro atoms. The number of benzene rings is 1. The van der Waals surface area contributed by atoms with E-state index in [-0.39, 0.29) is 5.91 Å². The average molecular weight is 360 g/mol. The SMILES string of the molecule is O=C(/C=C/c1nc2ccccc2s1)Nc1ccc(Br)cn1. The Morgan fingerprint density at radius 1 is 1.24 bits per heavy atom. The minimum Gasteiger partial charge on any atom is -0.307 e. The summed E-state index contributed by atoms with van der Waals surface area (Å²) < 4.78 is 1.97. The quantitative estimate of drug-likeness (QED) is 0.716. The number of halogens is 1. The third kappa shape index (κ3) is 3.53. The molecule has 1 amide bonds. The van der Waals surface area contributed by atoms with E-state index in [0.717, 1.165) is 19.7 Å². The first kappa shape index (κ1) is 13.9. The number of hydrogen-bond acceptors (Lipinski definition) is 4. The Labute approximate surface area is 133 Å². The molecule has 21 heavy (non-hydrogen) atoms. The van der Waals surface area contributed by atoms with E-state index >= 15 is 0 Å². The molecule has 0 atom stereocenters. The van der Waals surface area contributed by atoms with E-state index in [1.165, 1.54) is 6.08 Å². The fraction of sp³-hybridized carbons (Fsp3) is 0. The number of carbonyl (C=O) groups is 1. The number of anilines is 1. The zero-order valence-corrected chi connectivity index (χ0v) is 13.2. The number of rotatable bonds is 3. The van der Waals surface area contributed by atoms with Gasteiger partial charge in [-0.3, -0.25) is 4.79 Å². The predicted octanol–water partition coefficient (Wildman–Crippen LogP) is 4.11. The molecule has 0 saturated heterocycles. The standard InChI is InChI=1S/C15H10BrN3OS/c16-10-5-6-13(17-9-10)19-14(20)7-8-15-18-11-3-1-2-4-12(11)21-15/h1-9H,(H,17,19,20)/b8-7+. The van der Waals surface area contributed by atoms with Gasteiger partial charge in [0.15, 0.2) is 0 Å². The molecule has 6 heteroatoms. The average Bonchev–Trinajstić information content (AvgIpc) is 2.90. The van der Waals surface area contributed by atoms with Gasteiger partial charge in [0.25, 0.3) is 0 Å². The highest BCUT2D eigenvalue weighted by Crippen LogP contribution is 2.22. The Kier molecular flexibility index (Phi) is 4.08. The third-order valence-electron chi connectivity index (χ3n) is 2.67.